The SMILES string of the molecule is FC1(F)C2CCCCCCC21. The first kappa shape index (κ1) is 7.51. The molecule has 11 heavy (non-hydrogen) atoms. The Balaban J connectivity index is 1.95. The molecule has 0 aromatic carbocycles. The van der Waals surface area contributed by atoms with E-state index in [1.165, 1.54) is 12.8 Å². The second kappa shape index (κ2) is 2.43. The molecule has 0 aliphatic heterocycles. The Morgan fingerprint density at radius 2 is 1.27 bits per heavy atom. The Morgan fingerprint density at radius 1 is 0.818 bits per heavy atom. The first-order valence-electron chi connectivity index (χ1n) is 4.61. The van der Waals surface area contributed by atoms with Gasteiger partial charge in [0, 0.05) is 11.8 Å². The lowest BCUT2D eigenvalue weighted by atomic mass is 10.0. The molecule has 2 unspecified atom stereocenters. The fourth-order valence-corrected chi connectivity index (χ4v) is 2.33. The maximum absolute atomic E-state index is 12.9. The van der Waals surface area contributed by atoms with Crippen molar-refractivity contribution in [3.63, 3.8) is 0 Å². The van der Waals surface area contributed by atoms with Crippen LogP contribution in [0.5, 0.6) is 0 Å². The van der Waals surface area contributed by atoms with Gasteiger partial charge >= 0.3 is 0 Å². The Bertz CT molecular complexity index is 138. The van der Waals surface area contributed by atoms with Crippen molar-refractivity contribution in [2.45, 2.75) is 44.4 Å². The third kappa shape index (κ3) is 1.17. The minimum Gasteiger partial charge on any atom is -0.206 e. The molecule has 2 saturated carbocycles. The first-order chi connectivity index (χ1) is 5.23. The van der Waals surface area contributed by atoms with Crippen LogP contribution in [0.4, 0.5) is 8.78 Å². The van der Waals surface area contributed by atoms with Gasteiger partial charge in [0.25, 0.3) is 5.92 Å². The number of alkyl halides is 2. The predicted octanol–water partition coefficient (Wildman–Crippen LogP) is 3.22. The highest BCUT2D eigenvalue weighted by Crippen LogP contribution is 2.60. The zero-order valence-electron chi connectivity index (χ0n) is 6.65. The molecule has 0 aromatic heterocycles. The van der Waals surface area contributed by atoms with Crippen molar-refractivity contribution < 1.29 is 8.78 Å². The van der Waals surface area contributed by atoms with E-state index in [0.29, 0.717) is 0 Å². The summed E-state index contributed by atoms with van der Waals surface area (Å²) < 4.78 is 25.7. The highest BCUT2D eigenvalue weighted by Gasteiger charge is 2.66. The molecule has 0 aromatic rings. The van der Waals surface area contributed by atoms with Gasteiger partial charge < -0.3 is 0 Å². The third-order valence-electron chi connectivity index (χ3n) is 3.15. The van der Waals surface area contributed by atoms with E-state index in [1.54, 1.807) is 0 Å². The molecule has 0 N–H and O–H groups in total. The highest BCUT2D eigenvalue weighted by molar-refractivity contribution is 5.05. The average molecular weight is 160 g/mol. The van der Waals surface area contributed by atoms with Crippen LogP contribution < -0.4 is 0 Å². The summed E-state index contributed by atoms with van der Waals surface area (Å²) in [5.74, 6) is -2.74. The lowest BCUT2D eigenvalue weighted by molar-refractivity contribution is 0.0818. The van der Waals surface area contributed by atoms with Crippen molar-refractivity contribution in [2.75, 3.05) is 0 Å². The van der Waals surface area contributed by atoms with Crippen LogP contribution in [0.25, 0.3) is 0 Å². The normalized spacial score (nSPS) is 42.0. The van der Waals surface area contributed by atoms with Crippen molar-refractivity contribution in [1.82, 2.24) is 0 Å². The van der Waals surface area contributed by atoms with Gasteiger partial charge in [-0.2, -0.15) is 0 Å². The van der Waals surface area contributed by atoms with Gasteiger partial charge in [-0.25, -0.2) is 8.78 Å². The van der Waals surface area contributed by atoms with Crippen LogP contribution in [-0.4, -0.2) is 5.92 Å². The number of fused-ring (bicyclic) bond motifs is 1. The van der Waals surface area contributed by atoms with Gasteiger partial charge in [0.15, 0.2) is 0 Å². The smallest absolute Gasteiger partial charge is 0.206 e. The van der Waals surface area contributed by atoms with Crippen LogP contribution in [0.3, 0.4) is 0 Å². The molecular formula is C9H14F2. The molecule has 0 spiro atoms. The average Bonchev–Trinajstić information content (AvgIpc) is 2.29. The van der Waals surface area contributed by atoms with E-state index >= 15 is 0 Å². The first-order valence-corrected chi connectivity index (χ1v) is 4.61. The van der Waals surface area contributed by atoms with Crippen molar-refractivity contribution >= 4 is 0 Å². The molecular weight excluding hydrogens is 146 g/mol. The predicted molar refractivity (Wildman–Crippen MR) is 39.6 cm³/mol. The number of halogens is 2. The van der Waals surface area contributed by atoms with E-state index in [4.69, 9.17) is 0 Å². The Labute approximate surface area is 66.0 Å². The van der Waals surface area contributed by atoms with Crippen LogP contribution in [-0.2, 0) is 0 Å². The van der Waals surface area contributed by atoms with Crippen LogP contribution in [0.1, 0.15) is 38.5 Å². The lowest BCUT2D eigenvalue weighted by Crippen LogP contribution is -1.93. The molecule has 2 atom stereocenters. The van der Waals surface area contributed by atoms with Gasteiger partial charge in [-0.1, -0.05) is 25.7 Å². The molecule has 2 fully saturated rings. The second-order valence-electron chi connectivity index (χ2n) is 3.88. The van der Waals surface area contributed by atoms with Gasteiger partial charge in [-0.05, 0) is 12.8 Å². The van der Waals surface area contributed by atoms with Gasteiger partial charge in [-0.3, -0.25) is 0 Å². The summed E-state index contributed by atoms with van der Waals surface area (Å²) in [6.45, 7) is 0. The van der Waals surface area contributed by atoms with Crippen molar-refractivity contribution in [3.05, 3.63) is 0 Å². The topological polar surface area (TPSA) is 0 Å². The van der Waals surface area contributed by atoms with Crippen molar-refractivity contribution in [1.29, 1.82) is 0 Å². The molecule has 0 heterocycles. The van der Waals surface area contributed by atoms with E-state index in [-0.39, 0.29) is 11.8 Å². The Hall–Kier alpha value is -0.140. The molecule has 64 valence electrons. The lowest BCUT2D eigenvalue weighted by Gasteiger charge is -2.03. The Morgan fingerprint density at radius 3 is 1.73 bits per heavy atom. The molecule has 0 saturated heterocycles. The number of rotatable bonds is 0. The van der Waals surface area contributed by atoms with Crippen LogP contribution in [0.15, 0.2) is 0 Å². The summed E-state index contributed by atoms with van der Waals surface area (Å²) in [5.41, 5.74) is 0. The quantitative estimate of drug-likeness (QED) is 0.510. The zero-order valence-corrected chi connectivity index (χ0v) is 6.65. The second-order valence-corrected chi connectivity index (χ2v) is 3.88. The van der Waals surface area contributed by atoms with E-state index in [9.17, 15) is 8.78 Å². The maximum atomic E-state index is 12.9. The third-order valence-corrected chi connectivity index (χ3v) is 3.15. The van der Waals surface area contributed by atoms with Crippen LogP contribution >= 0.6 is 0 Å². The summed E-state index contributed by atoms with van der Waals surface area (Å²) in [7, 11) is 0. The molecule has 0 nitrogen and oxygen atoms in total. The minimum absolute atomic E-state index is 0.234. The van der Waals surface area contributed by atoms with Crippen LogP contribution in [0, 0.1) is 11.8 Å². The van der Waals surface area contributed by atoms with Gasteiger partial charge in [-0.15, -0.1) is 0 Å². The summed E-state index contributed by atoms with van der Waals surface area (Å²) in [5, 5.41) is 0. The van der Waals surface area contributed by atoms with Gasteiger partial charge in [0.1, 0.15) is 0 Å². The Kier molecular flexibility index (Phi) is 1.66. The highest BCUT2D eigenvalue weighted by atomic mass is 19.3. The zero-order chi connectivity index (χ0) is 7.90. The standard InChI is InChI=1S/C9H14F2/c10-9(11)7-5-3-1-2-4-6-8(7)9/h7-8H,1-6H2. The van der Waals surface area contributed by atoms with E-state index < -0.39 is 5.92 Å². The summed E-state index contributed by atoms with van der Waals surface area (Å²) >= 11 is 0. The maximum Gasteiger partial charge on any atom is 0.254 e. The molecule has 2 rings (SSSR count). The van der Waals surface area contributed by atoms with Gasteiger partial charge in [0.2, 0.25) is 0 Å². The fourth-order valence-electron chi connectivity index (χ4n) is 2.33. The molecule has 2 aliphatic carbocycles. The van der Waals surface area contributed by atoms with E-state index in [2.05, 4.69) is 0 Å². The van der Waals surface area contributed by atoms with Crippen LogP contribution in [0.2, 0.25) is 0 Å². The summed E-state index contributed by atoms with van der Waals surface area (Å²) in [6.07, 6.45) is 5.93. The minimum atomic E-state index is -2.27. The molecule has 0 bridgehead atoms. The van der Waals surface area contributed by atoms with E-state index in [0.717, 1.165) is 25.7 Å². The van der Waals surface area contributed by atoms with Gasteiger partial charge in [0.05, 0.1) is 0 Å². The monoisotopic (exact) mass is 160 g/mol. The summed E-state index contributed by atoms with van der Waals surface area (Å²) in [6, 6.07) is 0. The fraction of sp³-hybridized carbons (Fsp3) is 1.00. The largest absolute Gasteiger partial charge is 0.254 e. The number of hydrogen-bond acceptors (Lipinski definition) is 0. The molecule has 0 amide bonds. The molecule has 2 aliphatic rings. The number of hydrogen-bond donors (Lipinski definition) is 0. The molecule has 0 radical (unpaired) electrons. The molecule has 2 heteroatoms. The van der Waals surface area contributed by atoms with E-state index in [1.807, 2.05) is 0 Å². The van der Waals surface area contributed by atoms with Crippen molar-refractivity contribution in [3.8, 4) is 0 Å². The summed E-state index contributed by atoms with van der Waals surface area (Å²) in [4.78, 5) is 0. The van der Waals surface area contributed by atoms with Crippen molar-refractivity contribution in [2.24, 2.45) is 11.8 Å².